The SMILES string of the molecule is O=C(N/N=C/c1ccsc1)c1ccc(Br)cc1. The molecule has 0 aliphatic carbocycles. The smallest absolute Gasteiger partial charge is 0.267 e. The van der Waals surface area contributed by atoms with Crippen LogP contribution in [0.5, 0.6) is 0 Å². The van der Waals surface area contributed by atoms with Gasteiger partial charge in [-0.15, -0.1) is 0 Å². The van der Waals surface area contributed by atoms with Crippen LogP contribution in [-0.4, -0.2) is 12.1 Å². The normalized spacial score (nSPS) is 10.6. The van der Waals surface area contributed by atoms with E-state index in [9.17, 15) is 4.79 Å². The third kappa shape index (κ3) is 3.51. The first-order valence-corrected chi connectivity index (χ1v) is 6.60. The van der Waals surface area contributed by atoms with Crippen molar-refractivity contribution >= 4 is 39.4 Å². The zero-order valence-electron chi connectivity index (χ0n) is 8.76. The molecule has 1 aromatic carbocycles. The molecule has 0 unspecified atom stereocenters. The average Bonchev–Trinajstić information content (AvgIpc) is 2.83. The number of thiophene rings is 1. The van der Waals surface area contributed by atoms with Crippen LogP contribution < -0.4 is 5.43 Å². The fourth-order valence-electron chi connectivity index (χ4n) is 1.18. The van der Waals surface area contributed by atoms with Gasteiger partial charge in [0.15, 0.2) is 0 Å². The molecule has 2 aromatic rings. The molecule has 0 saturated carbocycles. The first-order chi connectivity index (χ1) is 8.25. The van der Waals surface area contributed by atoms with Gasteiger partial charge in [-0.05, 0) is 41.1 Å². The number of carbonyl (C=O) groups is 1. The highest BCUT2D eigenvalue weighted by Crippen LogP contribution is 2.10. The number of amides is 1. The molecular weight excluding hydrogens is 300 g/mol. The van der Waals surface area contributed by atoms with E-state index in [1.165, 1.54) is 0 Å². The zero-order valence-corrected chi connectivity index (χ0v) is 11.2. The van der Waals surface area contributed by atoms with Crippen molar-refractivity contribution in [2.45, 2.75) is 0 Å². The van der Waals surface area contributed by atoms with Gasteiger partial charge in [0.2, 0.25) is 0 Å². The van der Waals surface area contributed by atoms with Crippen LogP contribution in [0.4, 0.5) is 0 Å². The predicted molar refractivity (Wildman–Crippen MR) is 73.5 cm³/mol. The second-order valence-corrected chi connectivity index (χ2v) is 4.96. The minimum Gasteiger partial charge on any atom is -0.267 e. The topological polar surface area (TPSA) is 41.5 Å². The van der Waals surface area contributed by atoms with E-state index in [1.807, 2.05) is 29.0 Å². The minimum atomic E-state index is -0.219. The molecule has 17 heavy (non-hydrogen) atoms. The summed E-state index contributed by atoms with van der Waals surface area (Å²) in [5, 5.41) is 7.79. The van der Waals surface area contributed by atoms with Crippen molar-refractivity contribution in [2.75, 3.05) is 0 Å². The summed E-state index contributed by atoms with van der Waals surface area (Å²) in [5.41, 5.74) is 4.03. The third-order valence-corrected chi connectivity index (χ3v) is 3.26. The van der Waals surface area contributed by atoms with Gasteiger partial charge < -0.3 is 0 Å². The van der Waals surface area contributed by atoms with Gasteiger partial charge in [0.1, 0.15) is 0 Å². The average molecular weight is 309 g/mol. The van der Waals surface area contributed by atoms with Crippen LogP contribution in [0.15, 0.2) is 50.7 Å². The number of hydrogen-bond donors (Lipinski definition) is 1. The van der Waals surface area contributed by atoms with Crippen LogP contribution in [0.3, 0.4) is 0 Å². The largest absolute Gasteiger partial charge is 0.271 e. The maximum atomic E-state index is 11.6. The quantitative estimate of drug-likeness (QED) is 0.686. The Morgan fingerprint density at radius 3 is 2.71 bits per heavy atom. The van der Waals surface area contributed by atoms with E-state index in [2.05, 4.69) is 26.5 Å². The monoisotopic (exact) mass is 308 g/mol. The maximum absolute atomic E-state index is 11.6. The molecule has 2 rings (SSSR count). The molecule has 1 heterocycles. The fraction of sp³-hybridized carbons (Fsp3) is 0. The summed E-state index contributed by atoms with van der Waals surface area (Å²) in [6.07, 6.45) is 1.62. The van der Waals surface area contributed by atoms with E-state index in [0.29, 0.717) is 5.56 Å². The highest BCUT2D eigenvalue weighted by molar-refractivity contribution is 9.10. The van der Waals surface area contributed by atoms with Gasteiger partial charge in [-0.2, -0.15) is 16.4 Å². The lowest BCUT2D eigenvalue weighted by Crippen LogP contribution is -2.17. The molecular formula is C12H9BrN2OS. The Bertz CT molecular complexity index is 520. The number of carbonyl (C=O) groups excluding carboxylic acids is 1. The summed E-state index contributed by atoms with van der Waals surface area (Å²) >= 11 is 4.90. The van der Waals surface area contributed by atoms with Gasteiger partial charge in [-0.1, -0.05) is 15.9 Å². The number of hydrazone groups is 1. The molecule has 0 aliphatic heterocycles. The van der Waals surface area contributed by atoms with E-state index in [0.717, 1.165) is 10.0 Å². The molecule has 1 N–H and O–H groups in total. The summed E-state index contributed by atoms with van der Waals surface area (Å²) in [7, 11) is 0. The lowest BCUT2D eigenvalue weighted by Gasteiger charge is -1.99. The van der Waals surface area contributed by atoms with E-state index in [4.69, 9.17) is 0 Å². The molecule has 5 heteroatoms. The van der Waals surface area contributed by atoms with Gasteiger partial charge >= 0.3 is 0 Å². The van der Waals surface area contributed by atoms with Gasteiger partial charge in [0, 0.05) is 15.6 Å². The Kier molecular flexibility index (Phi) is 4.06. The molecule has 0 radical (unpaired) electrons. The molecule has 3 nitrogen and oxygen atoms in total. The summed E-state index contributed by atoms with van der Waals surface area (Å²) in [5.74, 6) is -0.219. The molecule has 1 amide bonds. The predicted octanol–water partition coefficient (Wildman–Crippen LogP) is 3.27. The Morgan fingerprint density at radius 1 is 1.29 bits per heavy atom. The number of benzene rings is 1. The van der Waals surface area contributed by atoms with Crippen molar-refractivity contribution in [3.05, 3.63) is 56.7 Å². The number of rotatable bonds is 3. The van der Waals surface area contributed by atoms with Crippen molar-refractivity contribution in [1.29, 1.82) is 0 Å². The third-order valence-electron chi connectivity index (χ3n) is 2.03. The highest BCUT2D eigenvalue weighted by Gasteiger charge is 2.02. The Hall–Kier alpha value is -1.46. The minimum absolute atomic E-state index is 0.219. The van der Waals surface area contributed by atoms with Crippen molar-refractivity contribution in [1.82, 2.24) is 5.43 Å². The molecule has 0 fully saturated rings. The van der Waals surface area contributed by atoms with Crippen LogP contribution >= 0.6 is 27.3 Å². The number of nitrogens with one attached hydrogen (secondary N) is 1. The summed E-state index contributed by atoms with van der Waals surface area (Å²) in [6, 6.07) is 9.04. The van der Waals surface area contributed by atoms with Crippen LogP contribution in [0.2, 0.25) is 0 Å². The summed E-state index contributed by atoms with van der Waals surface area (Å²) in [4.78, 5) is 11.6. The Labute approximate surface area is 111 Å². The van der Waals surface area contributed by atoms with E-state index >= 15 is 0 Å². The Balaban J connectivity index is 1.96. The van der Waals surface area contributed by atoms with Crippen LogP contribution in [0.1, 0.15) is 15.9 Å². The van der Waals surface area contributed by atoms with Crippen molar-refractivity contribution in [3.8, 4) is 0 Å². The molecule has 0 spiro atoms. The first-order valence-electron chi connectivity index (χ1n) is 4.87. The van der Waals surface area contributed by atoms with Gasteiger partial charge in [0.25, 0.3) is 5.91 Å². The molecule has 0 aliphatic rings. The second-order valence-electron chi connectivity index (χ2n) is 3.26. The first kappa shape index (κ1) is 12.0. The highest BCUT2D eigenvalue weighted by atomic mass is 79.9. The zero-order chi connectivity index (χ0) is 12.1. The fourth-order valence-corrected chi connectivity index (χ4v) is 2.05. The Morgan fingerprint density at radius 2 is 2.06 bits per heavy atom. The standard InChI is InChI=1S/C12H9BrN2OS/c13-11-3-1-10(2-4-11)12(16)15-14-7-9-5-6-17-8-9/h1-8H,(H,15,16)/b14-7+. The molecule has 0 saturated heterocycles. The van der Waals surface area contributed by atoms with Crippen LogP contribution in [0.25, 0.3) is 0 Å². The molecule has 0 bridgehead atoms. The van der Waals surface area contributed by atoms with E-state index < -0.39 is 0 Å². The molecule has 1 aromatic heterocycles. The van der Waals surface area contributed by atoms with Crippen molar-refractivity contribution in [2.24, 2.45) is 5.10 Å². The van der Waals surface area contributed by atoms with E-state index in [-0.39, 0.29) is 5.91 Å². The number of nitrogens with zero attached hydrogens (tertiary/aromatic N) is 1. The van der Waals surface area contributed by atoms with Crippen molar-refractivity contribution in [3.63, 3.8) is 0 Å². The summed E-state index contributed by atoms with van der Waals surface area (Å²) < 4.78 is 0.941. The molecule has 0 atom stereocenters. The van der Waals surface area contributed by atoms with Crippen molar-refractivity contribution < 1.29 is 4.79 Å². The van der Waals surface area contributed by atoms with Gasteiger partial charge in [-0.3, -0.25) is 4.79 Å². The van der Waals surface area contributed by atoms with Crippen LogP contribution in [-0.2, 0) is 0 Å². The number of hydrogen-bond acceptors (Lipinski definition) is 3. The number of halogens is 1. The lowest BCUT2D eigenvalue weighted by atomic mass is 10.2. The van der Waals surface area contributed by atoms with Gasteiger partial charge in [0.05, 0.1) is 6.21 Å². The molecule has 86 valence electrons. The lowest BCUT2D eigenvalue weighted by molar-refractivity contribution is 0.0955. The second kappa shape index (κ2) is 5.75. The maximum Gasteiger partial charge on any atom is 0.271 e. The van der Waals surface area contributed by atoms with E-state index in [1.54, 1.807) is 29.7 Å². The van der Waals surface area contributed by atoms with Crippen LogP contribution in [0, 0.1) is 0 Å². The van der Waals surface area contributed by atoms with Gasteiger partial charge in [-0.25, -0.2) is 5.43 Å². The summed E-state index contributed by atoms with van der Waals surface area (Å²) in [6.45, 7) is 0.